The standard InChI is InChI=1S/C41H38N6OS/c1-29-36(28-47(44-29)41(31-12-5-2-6-13-31,32-14-7-3-8-15-32)33-16-9-4-10-17-33)30-19-22-40-43-25-37(46(40)26-30)38-21-20-35(49-38)27-45-23-11-18-34(45)24-39(42)48/h2-10,12-17,19-22,25-26,28,34H,11,18,23-24,27H2,1H3,(H2,42,48)/t34-/m0/s1. The molecule has 49 heavy (non-hydrogen) atoms. The minimum atomic E-state index is -0.684. The van der Waals surface area contributed by atoms with Crippen LogP contribution >= 0.6 is 11.3 Å². The highest BCUT2D eigenvalue weighted by molar-refractivity contribution is 7.15. The van der Waals surface area contributed by atoms with Crippen LogP contribution in [0, 0.1) is 6.92 Å². The number of rotatable bonds is 10. The highest BCUT2D eigenvalue weighted by atomic mass is 32.1. The fourth-order valence-electron chi connectivity index (χ4n) is 7.54. The van der Waals surface area contributed by atoms with Crippen molar-refractivity contribution >= 4 is 22.9 Å². The van der Waals surface area contributed by atoms with Gasteiger partial charge < -0.3 is 5.73 Å². The van der Waals surface area contributed by atoms with Crippen LogP contribution in [0.15, 0.2) is 134 Å². The number of amides is 1. The molecule has 7 nitrogen and oxygen atoms in total. The smallest absolute Gasteiger partial charge is 0.218 e. The summed E-state index contributed by atoms with van der Waals surface area (Å²) < 4.78 is 4.33. The Morgan fingerprint density at radius 2 is 1.51 bits per heavy atom. The van der Waals surface area contributed by atoms with Gasteiger partial charge in [0.2, 0.25) is 5.91 Å². The SMILES string of the molecule is Cc1nn(C(c2ccccc2)(c2ccccc2)c2ccccc2)cc1-c1ccc2ncc(-c3ccc(CN4CCC[C@H]4CC(N)=O)s3)n2c1. The van der Waals surface area contributed by atoms with Crippen molar-refractivity contribution in [1.29, 1.82) is 0 Å². The van der Waals surface area contributed by atoms with Crippen LogP contribution in [0.4, 0.5) is 0 Å². The highest BCUT2D eigenvalue weighted by Crippen LogP contribution is 2.42. The van der Waals surface area contributed by atoms with Gasteiger partial charge >= 0.3 is 0 Å². The van der Waals surface area contributed by atoms with Crippen LogP contribution < -0.4 is 5.73 Å². The van der Waals surface area contributed by atoms with Gasteiger partial charge in [0.15, 0.2) is 0 Å². The van der Waals surface area contributed by atoms with Crippen LogP contribution in [0.25, 0.3) is 27.3 Å². The molecule has 0 unspecified atom stereocenters. The van der Waals surface area contributed by atoms with Crippen molar-refractivity contribution in [2.24, 2.45) is 5.73 Å². The largest absolute Gasteiger partial charge is 0.370 e. The Labute approximate surface area is 290 Å². The lowest BCUT2D eigenvalue weighted by Gasteiger charge is -2.36. The Kier molecular flexibility index (Phi) is 8.19. The third kappa shape index (κ3) is 5.67. The van der Waals surface area contributed by atoms with Crippen molar-refractivity contribution in [1.82, 2.24) is 24.1 Å². The number of fused-ring (bicyclic) bond motifs is 1. The maximum absolute atomic E-state index is 11.6. The zero-order valence-electron chi connectivity index (χ0n) is 27.4. The number of carbonyl (C=O) groups is 1. The summed E-state index contributed by atoms with van der Waals surface area (Å²) in [5.41, 5.74) is 13.3. The molecule has 1 amide bonds. The number of aryl methyl sites for hydroxylation is 1. The minimum Gasteiger partial charge on any atom is -0.370 e. The van der Waals surface area contributed by atoms with E-state index in [1.165, 1.54) is 4.88 Å². The summed E-state index contributed by atoms with van der Waals surface area (Å²) in [5.74, 6) is -0.225. The van der Waals surface area contributed by atoms with Crippen molar-refractivity contribution in [2.75, 3.05) is 6.54 Å². The molecule has 1 fully saturated rings. The van der Waals surface area contributed by atoms with Gasteiger partial charge in [-0.25, -0.2) is 4.98 Å². The number of hydrogen-bond donors (Lipinski definition) is 1. The average Bonchev–Trinajstić information content (AvgIpc) is 3.94. The summed E-state index contributed by atoms with van der Waals surface area (Å²) in [6.45, 7) is 3.91. The lowest BCUT2D eigenvalue weighted by Crippen LogP contribution is -2.38. The van der Waals surface area contributed by atoms with Gasteiger partial charge in [-0.05, 0) is 67.3 Å². The number of pyridine rings is 1. The Balaban J connectivity index is 1.19. The van der Waals surface area contributed by atoms with Crippen LogP contribution in [-0.4, -0.2) is 42.6 Å². The van der Waals surface area contributed by atoms with E-state index in [1.807, 2.05) is 6.20 Å². The molecule has 244 valence electrons. The fourth-order valence-corrected chi connectivity index (χ4v) is 8.58. The number of nitrogens with two attached hydrogens (primary N) is 1. The van der Waals surface area contributed by atoms with Crippen LogP contribution in [0.5, 0.6) is 0 Å². The molecule has 3 aromatic carbocycles. The highest BCUT2D eigenvalue weighted by Gasteiger charge is 2.39. The predicted molar refractivity (Wildman–Crippen MR) is 196 cm³/mol. The number of carbonyl (C=O) groups excluding carboxylic acids is 1. The van der Waals surface area contributed by atoms with Crippen LogP contribution in [0.1, 0.15) is 46.5 Å². The summed E-state index contributed by atoms with van der Waals surface area (Å²) in [5, 5.41) is 5.27. The second-order valence-electron chi connectivity index (χ2n) is 12.9. The van der Waals surface area contributed by atoms with Crippen molar-refractivity contribution in [3.8, 4) is 21.7 Å². The maximum Gasteiger partial charge on any atom is 0.218 e. The van der Waals surface area contributed by atoms with Crippen LogP contribution in [0.2, 0.25) is 0 Å². The summed E-state index contributed by atoms with van der Waals surface area (Å²) in [6.07, 6.45) is 8.89. The van der Waals surface area contributed by atoms with E-state index in [0.717, 1.165) is 75.7 Å². The van der Waals surface area contributed by atoms with E-state index >= 15 is 0 Å². The lowest BCUT2D eigenvalue weighted by atomic mass is 9.77. The number of aromatic nitrogens is 4. The Morgan fingerprint density at radius 3 is 2.14 bits per heavy atom. The summed E-state index contributed by atoms with van der Waals surface area (Å²) in [4.78, 5) is 21.2. The number of primary amides is 1. The number of thiophene rings is 1. The molecule has 0 spiro atoms. The van der Waals surface area contributed by atoms with E-state index in [-0.39, 0.29) is 11.9 Å². The second kappa shape index (κ2) is 13.0. The van der Waals surface area contributed by atoms with Crippen molar-refractivity contribution in [3.05, 3.63) is 161 Å². The van der Waals surface area contributed by atoms with Gasteiger partial charge in [0.25, 0.3) is 0 Å². The van der Waals surface area contributed by atoms with E-state index in [0.29, 0.717) is 6.42 Å². The predicted octanol–water partition coefficient (Wildman–Crippen LogP) is 7.91. The van der Waals surface area contributed by atoms with Gasteiger partial charge in [-0.1, -0.05) is 91.0 Å². The summed E-state index contributed by atoms with van der Waals surface area (Å²) in [7, 11) is 0. The van der Waals surface area contributed by atoms with Crippen LogP contribution in [-0.2, 0) is 16.9 Å². The monoisotopic (exact) mass is 662 g/mol. The average molecular weight is 663 g/mol. The van der Waals surface area contributed by atoms with Crippen molar-refractivity contribution < 1.29 is 4.79 Å². The molecular formula is C41H38N6OS. The molecule has 0 radical (unpaired) electrons. The molecule has 0 saturated carbocycles. The fraction of sp³-hybridized carbons (Fsp3) is 0.195. The molecule has 8 rings (SSSR count). The number of nitrogens with zero attached hydrogens (tertiary/aromatic N) is 5. The lowest BCUT2D eigenvalue weighted by molar-refractivity contribution is -0.119. The van der Waals surface area contributed by atoms with Crippen molar-refractivity contribution in [2.45, 2.75) is 44.3 Å². The van der Waals surface area contributed by atoms with Gasteiger partial charge in [0, 0.05) is 47.4 Å². The van der Waals surface area contributed by atoms with Gasteiger partial charge in [0.05, 0.1) is 22.5 Å². The van der Waals surface area contributed by atoms with Gasteiger partial charge in [-0.15, -0.1) is 11.3 Å². The summed E-state index contributed by atoms with van der Waals surface area (Å²) in [6, 6.07) is 40.8. The molecule has 0 bridgehead atoms. The third-order valence-electron chi connectivity index (χ3n) is 9.84. The molecule has 0 aliphatic carbocycles. The van der Waals surface area contributed by atoms with Crippen LogP contribution in [0.3, 0.4) is 0 Å². The molecule has 7 aromatic rings. The Morgan fingerprint density at radius 1 is 0.857 bits per heavy atom. The molecule has 1 atom stereocenters. The molecule has 2 N–H and O–H groups in total. The van der Waals surface area contributed by atoms with E-state index in [2.05, 4.69) is 149 Å². The Bertz CT molecular complexity index is 2120. The zero-order valence-corrected chi connectivity index (χ0v) is 28.3. The molecule has 1 saturated heterocycles. The van der Waals surface area contributed by atoms with Gasteiger partial charge in [0.1, 0.15) is 11.2 Å². The molecule has 5 heterocycles. The third-order valence-corrected chi connectivity index (χ3v) is 10.9. The number of imidazole rings is 1. The molecule has 1 aliphatic rings. The first-order valence-corrected chi connectivity index (χ1v) is 17.6. The van der Waals surface area contributed by atoms with Gasteiger partial charge in [-0.3, -0.25) is 18.8 Å². The molecule has 1 aliphatic heterocycles. The minimum absolute atomic E-state index is 0.225. The van der Waals surface area contributed by atoms with E-state index in [1.54, 1.807) is 11.3 Å². The molecule has 4 aromatic heterocycles. The van der Waals surface area contributed by atoms with Crippen molar-refractivity contribution in [3.63, 3.8) is 0 Å². The topological polar surface area (TPSA) is 81.4 Å². The van der Waals surface area contributed by atoms with E-state index in [9.17, 15) is 4.79 Å². The second-order valence-corrected chi connectivity index (χ2v) is 14.0. The number of hydrogen-bond acceptors (Lipinski definition) is 5. The van der Waals surface area contributed by atoms with E-state index < -0.39 is 5.54 Å². The molecular weight excluding hydrogens is 625 g/mol. The maximum atomic E-state index is 11.6. The number of likely N-dealkylation sites (tertiary alicyclic amines) is 1. The first kappa shape index (κ1) is 31.0. The first-order valence-electron chi connectivity index (χ1n) is 16.8. The first-order chi connectivity index (χ1) is 24.0. The zero-order chi connectivity index (χ0) is 33.4. The summed E-state index contributed by atoms with van der Waals surface area (Å²) >= 11 is 1.78. The van der Waals surface area contributed by atoms with E-state index in [4.69, 9.17) is 15.8 Å². The van der Waals surface area contributed by atoms with Gasteiger partial charge in [-0.2, -0.15) is 5.10 Å². The quantitative estimate of drug-likeness (QED) is 0.151. The molecule has 8 heteroatoms. The number of benzene rings is 3. The normalized spacial score (nSPS) is 15.2. The Hall–Kier alpha value is -5.31.